The molecule has 4 heteroatoms. The molecule has 2 saturated heterocycles. The van der Waals surface area contributed by atoms with Crippen molar-refractivity contribution in [3.05, 3.63) is 0 Å². The molecule has 0 spiro atoms. The molecule has 0 aliphatic carbocycles. The summed E-state index contributed by atoms with van der Waals surface area (Å²) in [6.45, 7) is 8.37. The van der Waals surface area contributed by atoms with Gasteiger partial charge in [0.2, 0.25) is 0 Å². The van der Waals surface area contributed by atoms with Crippen LogP contribution >= 0.6 is 0 Å². The highest BCUT2D eigenvalue weighted by molar-refractivity contribution is 5.66. The summed E-state index contributed by atoms with van der Waals surface area (Å²) in [5.41, 5.74) is 0. The fourth-order valence-corrected chi connectivity index (χ4v) is 4.04. The second-order valence-electron chi connectivity index (χ2n) is 6.86. The summed E-state index contributed by atoms with van der Waals surface area (Å²) < 4.78 is 0. The van der Waals surface area contributed by atoms with Crippen molar-refractivity contribution < 1.29 is 9.90 Å². The molecule has 0 aromatic heterocycles. The molecule has 2 fully saturated rings. The first-order valence-corrected chi connectivity index (χ1v) is 8.87. The zero-order chi connectivity index (χ0) is 15.1. The maximum atomic E-state index is 10.7. The smallest absolute Gasteiger partial charge is 0.303 e. The summed E-state index contributed by atoms with van der Waals surface area (Å²) in [6.07, 6.45) is 8.87. The van der Waals surface area contributed by atoms with Crippen molar-refractivity contribution in [3.63, 3.8) is 0 Å². The average Bonchev–Trinajstić information content (AvgIpc) is 2.72. The number of carbonyl (C=O) groups is 1. The maximum absolute atomic E-state index is 10.7. The van der Waals surface area contributed by atoms with Gasteiger partial charge in [-0.25, -0.2) is 0 Å². The van der Waals surface area contributed by atoms with E-state index in [1.165, 1.54) is 64.7 Å². The molecule has 2 atom stereocenters. The van der Waals surface area contributed by atoms with E-state index >= 15 is 0 Å². The van der Waals surface area contributed by atoms with Crippen LogP contribution in [-0.4, -0.2) is 59.6 Å². The van der Waals surface area contributed by atoms with Gasteiger partial charge >= 0.3 is 5.97 Å². The Balaban J connectivity index is 1.79. The number of rotatable bonds is 6. The lowest BCUT2D eigenvalue weighted by Gasteiger charge is -2.38. The minimum atomic E-state index is -0.642. The average molecular weight is 296 g/mol. The van der Waals surface area contributed by atoms with Crippen LogP contribution in [0.1, 0.15) is 58.3 Å². The van der Waals surface area contributed by atoms with Gasteiger partial charge in [0, 0.05) is 19.0 Å². The predicted molar refractivity (Wildman–Crippen MR) is 85.5 cm³/mol. The number of nitrogens with zero attached hydrogens (tertiary/aromatic N) is 2. The Bertz CT molecular complexity index is 322. The molecule has 0 aromatic carbocycles. The molecule has 0 amide bonds. The molecule has 2 unspecified atom stereocenters. The summed E-state index contributed by atoms with van der Waals surface area (Å²) in [5.74, 6) is -0.0401. The number of hydrogen-bond donors (Lipinski definition) is 1. The number of aliphatic carboxylic acids is 1. The van der Waals surface area contributed by atoms with Crippen molar-refractivity contribution in [2.45, 2.75) is 64.3 Å². The van der Waals surface area contributed by atoms with Gasteiger partial charge in [-0.1, -0.05) is 6.92 Å². The highest BCUT2D eigenvalue weighted by Crippen LogP contribution is 2.26. The third-order valence-corrected chi connectivity index (χ3v) is 5.16. The molecule has 0 radical (unpaired) electrons. The van der Waals surface area contributed by atoms with Crippen molar-refractivity contribution in [1.29, 1.82) is 0 Å². The van der Waals surface area contributed by atoms with Crippen LogP contribution < -0.4 is 0 Å². The Morgan fingerprint density at radius 3 is 2.71 bits per heavy atom. The fraction of sp³-hybridized carbons (Fsp3) is 0.941. The lowest BCUT2D eigenvalue weighted by Crippen LogP contribution is -2.43. The van der Waals surface area contributed by atoms with E-state index in [-0.39, 0.29) is 0 Å². The van der Waals surface area contributed by atoms with Gasteiger partial charge < -0.3 is 14.9 Å². The SMILES string of the molecule is CCCN1CCCC(N2CCCC(CCC(=O)O)C2)CC1. The standard InChI is InChI=1S/C17H32N2O2/c1-2-10-18-11-4-6-16(9-13-18)19-12-3-5-15(14-19)7-8-17(20)21/h15-16H,2-14H2,1H3,(H,20,21). The van der Waals surface area contributed by atoms with Gasteiger partial charge in [0.1, 0.15) is 0 Å². The van der Waals surface area contributed by atoms with Gasteiger partial charge in [-0.05, 0) is 77.0 Å². The quantitative estimate of drug-likeness (QED) is 0.818. The molecule has 1 N–H and O–H groups in total. The Labute approximate surface area is 129 Å². The van der Waals surface area contributed by atoms with Crippen LogP contribution in [-0.2, 0) is 4.79 Å². The molecule has 2 aliphatic rings. The fourth-order valence-electron chi connectivity index (χ4n) is 4.04. The van der Waals surface area contributed by atoms with Crippen molar-refractivity contribution in [2.75, 3.05) is 32.7 Å². The summed E-state index contributed by atoms with van der Waals surface area (Å²) in [7, 11) is 0. The van der Waals surface area contributed by atoms with E-state index in [2.05, 4.69) is 16.7 Å². The maximum Gasteiger partial charge on any atom is 0.303 e. The normalized spacial score (nSPS) is 29.2. The molecular formula is C17H32N2O2. The minimum Gasteiger partial charge on any atom is -0.481 e. The molecule has 0 aromatic rings. The van der Waals surface area contributed by atoms with Gasteiger partial charge in [0.15, 0.2) is 0 Å². The van der Waals surface area contributed by atoms with E-state index in [1.807, 2.05) is 0 Å². The highest BCUT2D eigenvalue weighted by Gasteiger charge is 2.27. The largest absolute Gasteiger partial charge is 0.481 e. The third kappa shape index (κ3) is 5.59. The monoisotopic (exact) mass is 296 g/mol. The third-order valence-electron chi connectivity index (χ3n) is 5.16. The van der Waals surface area contributed by atoms with Crippen molar-refractivity contribution in [1.82, 2.24) is 9.80 Å². The lowest BCUT2D eigenvalue weighted by atomic mass is 9.91. The lowest BCUT2D eigenvalue weighted by molar-refractivity contribution is -0.137. The van der Waals surface area contributed by atoms with Crippen LogP contribution in [0.15, 0.2) is 0 Å². The first kappa shape index (κ1) is 16.8. The van der Waals surface area contributed by atoms with E-state index in [9.17, 15) is 4.79 Å². The number of piperidine rings is 1. The molecule has 2 heterocycles. The van der Waals surface area contributed by atoms with E-state index in [0.717, 1.165) is 19.0 Å². The van der Waals surface area contributed by atoms with E-state index in [1.54, 1.807) is 0 Å². The first-order chi connectivity index (χ1) is 10.2. The molecule has 2 rings (SSSR count). The number of likely N-dealkylation sites (tertiary alicyclic amines) is 2. The molecule has 122 valence electrons. The van der Waals surface area contributed by atoms with Gasteiger partial charge in [-0.3, -0.25) is 4.79 Å². The molecule has 2 aliphatic heterocycles. The summed E-state index contributed by atoms with van der Waals surface area (Å²) >= 11 is 0. The topological polar surface area (TPSA) is 43.8 Å². The minimum absolute atomic E-state index is 0.341. The van der Waals surface area contributed by atoms with E-state index in [0.29, 0.717) is 12.3 Å². The van der Waals surface area contributed by atoms with Crippen LogP contribution in [0.2, 0.25) is 0 Å². The zero-order valence-corrected chi connectivity index (χ0v) is 13.6. The van der Waals surface area contributed by atoms with Crippen LogP contribution in [0.3, 0.4) is 0 Å². The van der Waals surface area contributed by atoms with Crippen molar-refractivity contribution >= 4 is 5.97 Å². The molecule has 4 nitrogen and oxygen atoms in total. The van der Waals surface area contributed by atoms with Crippen LogP contribution in [0.5, 0.6) is 0 Å². The summed E-state index contributed by atoms with van der Waals surface area (Å²) in [5, 5.41) is 8.86. The molecular weight excluding hydrogens is 264 g/mol. The van der Waals surface area contributed by atoms with Crippen molar-refractivity contribution in [3.8, 4) is 0 Å². The van der Waals surface area contributed by atoms with Crippen LogP contribution in [0.25, 0.3) is 0 Å². The highest BCUT2D eigenvalue weighted by atomic mass is 16.4. The second-order valence-corrected chi connectivity index (χ2v) is 6.86. The molecule has 0 bridgehead atoms. The van der Waals surface area contributed by atoms with Crippen LogP contribution in [0, 0.1) is 5.92 Å². The van der Waals surface area contributed by atoms with Crippen LogP contribution in [0.4, 0.5) is 0 Å². The Kier molecular flexibility index (Phi) is 6.97. The number of carboxylic acid groups (broad SMARTS) is 1. The number of hydrogen-bond acceptors (Lipinski definition) is 3. The predicted octanol–water partition coefficient (Wildman–Crippen LogP) is 2.83. The summed E-state index contributed by atoms with van der Waals surface area (Å²) in [6, 6.07) is 0.736. The molecule has 21 heavy (non-hydrogen) atoms. The summed E-state index contributed by atoms with van der Waals surface area (Å²) in [4.78, 5) is 16.0. The van der Waals surface area contributed by atoms with Gasteiger partial charge in [0.25, 0.3) is 0 Å². The Morgan fingerprint density at radius 1 is 1.14 bits per heavy atom. The van der Waals surface area contributed by atoms with Crippen molar-refractivity contribution in [2.24, 2.45) is 5.92 Å². The van der Waals surface area contributed by atoms with Gasteiger partial charge in [0.05, 0.1) is 0 Å². The Morgan fingerprint density at radius 2 is 1.95 bits per heavy atom. The van der Waals surface area contributed by atoms with E-state index in [4.69, 9.17) is 5.11 Å². The van der Waals surface area contributed by atoms with Gasteiger partial charge in [-0.2, -0.15) is 0 Å². The van der Waals surface area contributed by atoms with Gasteiger partial charge in [-0.15, -0.1) is 0 Å². The number of carboxylic acids is 1. The first-order valence-electron chi connectivity index (χ1n) is 8.87. The Hall–Kier alpha value is -0.610. The zero-order valence-electron chi connectivity index (χ0n) is 13.6. The van der Waals surface area contributed by atoms with E-state index < -0.39 is 5.97 Å². The second kappa shape index (κ2) is 8.74. The molecule has 0 saturated carbocycles.